The Morgan fingerprint density at radius 2 is 2.18 bits per heavy atom. The average Bonchev–Trinajstić information content (AvgIpc) is 2.63. The topological polar surface area (TPSA) is 47.3 Å². The zero-order chi connectivity index (χ0) is 12.4. The van der Waals surface area contributed by atoms with Gasteiger partial charge in [-0.25, -0.2) is 9.50 Å². The van der Waals surface area contributed by atoms with Gasteiger partial charge in [-0.3, -0.25) is 4.79 Å². The van der Waals surface area contributed by atoms with E-state index < -0.39 is 0 Å². The zero-order valence-electron chi connectivity index (χ0n) is 10.5. The minimum Gasteiger partial charge on any atom is -0.299 e. The Labute approximate surface area is 101 Å². The van der Waals surface area contributed by atoms with E-state index >= 15 is 0 Å². The van der Waals surface area contributed by atoms with Gasteiger partial charge in [-0.1, -0.05) is 13.8 Å². The maximum absolute atomic E-state index is 11.8. The van der Waals surface area contributed by atoms with Crippen LogP contribution >= 0.6 is 0 Å². The number of pyridine rings is 1. The molecular formula is C13H17N3O. The van der Waals surface area contributed by atoms with Crippen LogP contribution in [0.1, 0.15) is 31.5 Å². The van der Waals surface area contributed by atoms with Crippen molar-refractivity contribution in [3.8, 4) is 0 Å². The third-order valence-electron chi connectivity index (χ3n) is 2.61. The summed E-state index contributed by atoms with van der Waals surface area (Å²) in [7, 11) is 0. The molecule has 0 atom stereocenters. The van der Waals surface area contributed by atoms with Gasteiger partial charge in [0.2, 0.25) is 0 Å². The number of ketones is 1. The number of carbonyl (C=O) groups excluding carboxylic acids is 1. The predicted molar refractivity (Wildman–Crippen MR) is 65.9 cm³/mol. The zero-order valence-corrected chi connectivity index (χ0v) is 10.5. The normalized spacial score (nSPS) is 11.3. The molecule has 0 saturated carbocycles. The number of carbonyl (C=O) groups is 1. The molecule has 2 rings (SSSR count). The Morgan fingerprint density at radius 1 is 1.41 bits per heavy atom. The molecule has 2 aromatic rings. The molecule has 0 amide bonds. The van der Waals surface area contributed by atoms with Gasteiger partial charge in [-0.05, 0) is 30.5 Å². The van der Waals surface area contributed by atoms with Gasteiger partial charge in [0.05, 0.1) is 5.69 Å². The highest BCUT2D eigenvalue weighted by Gasteiger charge is 2.10. The van der Waals surface area contributed by atoms with Crippen LogP contribution in [0, 0.1) is 12.8 Å². The number of rotatable bonds is 4. The second-order valence-electron chi connectivity index (χ2n) is 4.87. The van der Waals surface area contributed by atoms with Crippen molar-refractivity contribution >= 4 is 11.4 Å². The molecule has 0 aliphatic heterocycles. The molecule has 0 radical (unpaired) electrons. The molecule has 2 heterocycles. The van der Waals surface area contributed by atoms with Crippen LogP contribution in [-0.2, 0) is 11.2 Å². The van der Waals surface area contributed by atoms with Crippen LogP contribution in [0.2, 0.25) is 0 Å². The SMILES string of the molecule is Cc1cc(CC(=O)CC(C)C)n2ncnc2c1. The number of aromatic nitrogens is 3. The number of Topliss-reactive ketones (excluding diaryl/α,β-unsaturated/α-hetero) is 1. The van der Waals surface area contributed by atoms with Gasteiger partial charge >= 0.3 is 0 Å². The summed E-state index contributed by atoms with van der Waals surface area (Å²) in [5.74, 6) is 0.654. The van der Waals surface area contributed by atoms with E-state index in [4.69, 9.17) is 0 Å². The highest BCUT2D eigenvalue weighted by molar-refractivity contribution is 5.80. The lowest BCUT2D eigenvalue weighted by Crippen LogP contribution is -2.10. The second kappa shape index (κ2) is 4.65. The van der Waals surface area contributed by atoms with E-state index in [1.807, 2.05) is 19.1 Å². The fourth-order valence-corrected chi connectivity index (χ4v) is 1.99. The molecule has 0 aliphatic rings. The fourth-order valence-electron chi connectivity index (χ4n) is 1.99. The van der Waals surface area contributed by atoms with Gasteiger partial charge in [0, 0.05) is 12.8 Å². The first-order valence-corrected chi connectivity index (χ1v) is 5.87. The van der Waals surface area contributed by atoms with Gasteiger partial charge < -0.3 is 0 Å². The molecule has 0 N–H and O–H groups in total. The molecule has 0 aliphatic carbocycles. The van der Waals surface area contributed by atoms with E-state index in [0.29, 0.717) is 18.8 Å². The van der Waals surface area contributed by atoms with Crippen molar-refractivity contribution < 1.29 is 4.79 Å². The Balaban J connectivity index is 2.28. The van der Waals surface area contributed by atoms with E-state index in [1.165, 1.54) is 6.33 Å². The monoisotopic (exact) mass is 231 g/mol. The number of fused-ring (bicyclic) bond motifs is 1. The maximum Gasteiger partial charge on any atom is 0.155 e. The molecule has 0 unspecified atom stereocenters. The van der Waals surface area contributed by atoms with Crippen molar-refractivity contribution in [2.45, 2.75) is 33.6 Å². The Bertz CT molecular complexity index is 543. The Hall–Kier alpha value is -1.71. The highest BCUT2D eigenvalue weighted by atomic mass is 16.1. The quantitative estimate of drug-likeness (QED) is 0.810. The fraction of sp³-hybridized carbons (Fsp3) is 0.462. The summed E-state index contributed by atoms with van der Waals surface area (Å²) in [5, 5.41) is 4.15. The van der Waals surface area contributed by atoms with Crippen LogP contribution in [-0.4, -0.2) is 20.4 Å². The van der Waals surface area contributed by atoms with E-state index in [2.05, 4.69) is 23.9 Å². The summed E-state index contributed by atoms with van der Waals surface area (Å²) in [6.45, 7) is 6.11. The summed E-state index contributed by atoms with van der Waals surface area (Å²) in [6, 6.07) is 3.96. The van der Waals surface area contributed by atoms with E-state index in [0.717, 1.165) is 16.9 Å². The predicted octanol–water partition coefficient (Wildman–Crippen LogP) is 2.20. The van der Waals surface area contributed by atoms with Crippen LogP contribution in [0.3, 0.4) is 0 Å². The molecule has 0 aromatic carbocycles. The van der Waals surface area contributed by atoms with Gasteiger partial charge in [-0.15, -0.1) is 0 Å². The first-order valence-electron chi connectivity index (χ1n) is 5.87. The first kappa shape index (κ1) is 11.8. The standard InChI is InChI=1S/C13H17N3O/c1-9(2)4-12(17)7-11-5-10(3)6-13-14-8-15-16(11)13/h5-6,8-9H,4,7H2,1-3H3. The first-order chi connectivity index (χ1) is 8.06. The number of hydrogen-bond donors (Lipinski definition) is 0. The van der Waals surface area contributed by atoms with Gasteiger partial charge in [0.1, 0.15) is 12.1 Å². The summed E-state index contributed by atoms with van der Waals surface area (Å²) < 4.78 is 1.74. The summed E-state index contributed by atoms with van der Waals surface area (Å²) in [4.78, 5) is 16.0. The highest BCUT2D eigenvalue weighted by Crippen LogP contribution is 2.11. The lowest BCUT2D eigenvalue weighted by molar-refractivity contribution is -0.119. The van der Waals surface area contributed by atoms with Gasteiger partial charge in [0.15, 0.2) is 5.65 Å². The molecule has 17 heavy (non-hydrogen) atoms. The molecule has 0 fully saturated rings. The number of nitrogens with zero attached hydrogens (tertiary/aromatic N) is 3. The van der Waals surface area contributed by atoms with E-state index in [-0.39, 0.29) is 5.78 Å². The van der Waals surface area contributed by atoms with Gasteiger partial charge in [-0.2, -0.15) is 5.10 Å². The van der Waals surface area contributed by atoms with Crippen molar-refractivity contribution in [2.24, 2.45) is 5.92 Å². The molecular weight excluding hydrogens is 214 g/mol. The minimum absolute atomic E-state index is 0.252. The molecule has 0 bridgehead atoms. The van der Waals surface area contributed by atoms with E-state index in [1.54, 1.807) is 4.52 Å². The molecule has 4 heteroatoms. The molecule has 4 nitrogen and oxygen atoms in total. The third kappa shape index (κ3) is 2.70. The second-order valence-corrected chi connectivity index (χ2v) is 4.87. The average molecular weight is 231 g/mol. The molecule has 2 aromatic heterocycles. The summed E-state index contributed by atoms with van der Waals surface area (Å²) >= 11 is 0. The summed E-state index contributed by atoms with van der Waals surface area (Å²) in [6.07, 6.45) is 2.56. The molecule has 0 saturated heterocycles. The molecule has 0 spiro atoms. The van der Waals surface area contributed by atoms with Crippen LogP contribution in [0.25, 0.3) is 5.65 Å². The largest absolute Gasteiger partial charge is 0.299 e. The van der Waals surface area contributed by atoms with Crippen molar-refractivity contribution in [1.29, 1.82) is 0 Å². The van der Waals surface area contributed by atoms with E-state index in [9.17, 15) is 4.79 Å². The smallest absolute Gasteiger partial charge is 0.155 e. The summed E-state index contributed by atoms with van der Waals surface area (Å²) in [5.41, 5.74) is 2.83. The molecule has 90 valence electrons. The minimum atomic E-state index is 0.252. The van der Waals surface area contributed by atoms with Crippen molar-refractivity contribution in [2.75, 3.05) is 0 Å². The van der Waals surface area contributed by atoms with Crippen LogP contribution < -0.4 is 0 Å². The van der Waals surface area contributed by atoms with Crippen LogP contribution in [0.15, 0.2) is 18.5 Å². The third-order valence-corrected chi connectivity index (χ3v) is 2.61. The van der Waals surface area contributed by atoms with Gasteiger partial charge in [0.25, 0.3) is 0 Å². The van der Waals surface area contributed by atoms with Crippen molar-refractivity contribution in [3.05, 3.63) is 29.7 Å². The Kier molecular flexibility index (Phi) is 3.22. The number of hydrogen-bond acceptors (Lipinski definition) is 3. The van der Waals surface area contributed by atoms with Crippen molar-refractivity contribution in [3.63, 3.8) is 0 Å². The van der Waals surface area contributed by atoms with Crippen molar-refractivity contribution in [1.82, 2.24) is 14.6 Å². The lowest BCUT2D eigenvalue weighted by atomic mass is 10.0. The lowest BCUT2D eigenvalue weighted by Gasteiger charge is -2.06. The Morgan fingerprint density at radius 3 is 2.88 bits per heavy atom. The maximum atomic E-state index is 11.8. The number of aryl methyl sites for hydroxylation is 1. The van der Waals surface area contributed by atoms with Crippen LogP contribution in [0.4, 0.5) is 0 Å². The van der Waals surface area contributed by atoms with Crippen LogP contribution in [0.5, 0.6) is 0 Å².